The van der Waals surface area contributed by atoms with Crippen molar-refractivity contribution in [1.82, 2.24) is 21.3 Å². The summed E-state index contributed by atoms with van der Waals surface area (Å²) in [6.07, 6.45) is -1.09. The van der Waals surface area contributed by atoms with E-state index in [2.05, 4.69) is 21.3 Å². The van der Waals surface area contributed by atoms with E-state index in [1.807, 2.05) is 0 Å². The van der Waals surface area contributed by atoms with Gasteiger partial charge < -0.3 is 40.2 Å². The van der Waals surface area contributed by atoms with Gasteiger partial charge in [0.25, 0.3) is 0 Å². The number of ether oxygens (including phenoxy) is 4. The summed E-state index contributed by atoms with van der Waals surface area (Å²) in [5.74, 6) is -5.73. The van der Waals surface area contributed by atoms with Crippen LogP contribution in [0.4, 0.5) is 4.79 Å². The molecule has 0 bridgehead atoms. The van der Waals surface area contributed by atoms with Crippen molar-refractivity contribution in [3.8, 4) is 0 Å². The molecule has 0 spiro atoms. The Hall–Kier alpha value is -4.71. The van der Waals surface area contributed by atoms with Gasteiger partial charge in [-0.05, 0) is 44.7 Å². The smallest absolute Gasteiger partial charge is 0.408 e. The molecule has 0 saturated carbocycles. The molecule has 1 rings (SSSR count). The zero-order valence-corrected chi connectivity index (χ0v) is 32.2. The minimum Gasteiger partial charge on any atom is -0.466 e. The van der Waals surface area contributed by atoms with Gasteiger partial charge >= 0.3 is 24.0 Å². The lowest BCUT2D eigenvalue weighted by atomic mass is 10.0. The van der Waals surface area contributed by atoms with Crippen LogP contribution in [-0.2, 0) is 64.2 Å². The Kier molecular flexibility index (Phi) is 20.8. The van der Waals surface area contributed by atoms with Gasteiger partial charge in [-0.2, -0.15) is 0 Å². The average Bonchev–Trinajstić information content (AvgIpc) is 3.07. The van der Waals surface area contributed by atoms with Gasteiger partial charge in [-0.3, -0.25) is 28.8 Å². The summed E-state index contributed by atoms with van der Waals surface area (Å²) >= 11 is 5.91. The Morgan fingerprint density at radius 1 is 0.717 bits per heavy atom. The number of amides is 4. The Balaban J connectivity index is 3.33. The van der Waals surface area contributed by atoms with Gasteiger partial charge in [-0.1, -0.05) is 55.8 Å². The van der Waals surface area contributed by atoms with Crippen LogP contribution in [0, 0.1) is 5.92 Å². The predicted octanol–water partition coefficient (Wildman–Crippen LogP) is 1.77. The van der Waals surface area contributed by atoms with Crippen LogP contribution in [0.15, 0.2) is 40.8 Å². The monoisotopic (exact) mass is 788 g/mol. The quantitative estimate of drug-likeness (QED) is 0.0969. The molecule has 19 heteroatoms. The van der Waals surface area contributed by atoms with Gasteiger partial charge in [0.05, 0.1) is 38.7 Å². The van der Waals surface area contributed by atoms with E-state index in [4.69, 9.17) is 30.5 Å². The van der Waals surface area contributed by atoms with Gasteiger partial charge in [0.1, 0.15) is 29.1 Å². The lowest BCUT2D eigenvalue weighted by molar-refractivity contribution is -0.146. The largest absolute Gasteiger partial charge is 0.466 e. The van der Waals surface area contributed by atoms with E-state index in [1.165, 1.54) is 0 Å². The Morgan fingerprint density at radius 3 is 1.81 bits per heavy atom. The number of carbonyl (C=O) groups excluding carboxylic acids is 7. The van der Waals surface area contributed by atoms with Crippen LogP contribution in [0.2, 0.25) is 0 Å². The lowest BCUT2D eigenvalue weighted by Crippen LogP contribution is -2.58. The molecule has 4 N–H and O–H groups in total. The highest BCUT2D eigenvalue weighted by molar-refractivity contribution is 7.96. The molecule has 0 heterocycles. The first-order valence-electron chi connectivity index (χ1n) is 16.8. The molecular formula is C34H49ClN4O13S. The number of hydrogen-bond donors (Lipinski definition) is 4. The van der Waals surface area contributed by atoms with E-state index in [0.29, 0.717) is 5.56 Å². The van der Waals surface area contributed by atoms with Gasteiger partial charge in [-0.15, -0.1) is 0 Å². The van der Waals surface area contributed by atoms with Crippen LogP contribution in [0.1, 0.15) is 65.9 Å². The van der Waals surface area contributed by atoms with E-state index >= 15 is 0 Å². The van der Waals surface area contributed by atoms with Crippen molar-refractivity contribution in [2.45, 2.75) is 91.1 Å². The number of carbonyl (C=O) groups is 7. The molecule has 0 unspecified atom stereocenters. The topological polar surface area (TPSA) is 239 Å². The summed E-state index contributed by atoms with van der Waals surface area (Å²) < 4.78 is 43.2. The van der Waals surface area contributed by atoms with Crippen molar-refractivity contribution < 1.29 is 60.9 Å². The molecule has 0 saturated heterocycles. The van der Waals surface area contributed by atoms with E-state index < -0.39 is 98.9 Å². The molecule has 0 radical (unpaired) electrons. The standard InChI is InChI=1S/C34H49ClN4O13S/c1-7-49-27(40)16-15-24(37-32(44)25(19-29(42)51-9-3)38-34(46)52-20-22-13-11-10-12-14-22)31(43)39-30(21(4)5)33(45)36-23(18-28(41)50-8-2)17-26(35)53(6,47)48/h10-14,17,21,23-25,30H,7-9,15-16,18-20H2,1-6H3,(H,36,45)(H,37,44)(H,38,46)(H,39,43)/b26-17+/t23-,24+,25+,30-/m1/s1. The summed E-state index contributed by atoms with van der Waals surface area (Å²) in [7, 11) is -3.91. The highest BCUT2D eigenvalue weighted by Crippen LogP contribution is 2.14. The number of benzene rings is 1. The number of hydrogen-bond acceptors (Lipinski definition) is 13. The van der Waals surface area contributed by atoms with Crippen LogP contribution in [0.3, 0.4) is 0 Å². The molecule has 4 amide bonds. The lowest BCUT2D eigenvalue weighted by Gasteiger charge is -2.27. The molecule has 53 heavy (non-hydrogen) atoms. The minimum absolute atomic E-state index is 0.0116. The molecule has 0 aromatic heterocycles. The molecule has 0 fully saturated rings. The first-order chi connectivity index (χ1) is 24.9. The van der Waals surface area contributed by atoms with E-state index in [9.17, 15) is 42.0 Å². The fourth-order valence-corrected chi connectivity index (χ4v) is 5.00. The Labute approximate surface area is 314 Å². The van der Waals surface area contributed by atoms with Crippen molar-refractivity contribution in [1.29, 1.82) is 0 Å². The molecule has 17 nitrogen and oxygen atoms in total. The maximum Gasteiger partial charge on any atom is 0.408 e. The number of esters is 3. The third-order valence-electron chi connectivity index (χ3n) is 7.03. The average molecular weight is 789 g/mol. The molecule has 0 aliphatic heterocycles. The summed E-state index contributed by atoms with van der Waals surface area (Å²) in [5, 5.41) is 9.72. The summed E-state index contributed by atoms with van der Waals surface area (Å²) in [6, 6.07) is 2.94. The zero-order chi connectivity index (χ0) is 40.1. The number of halogens is 1. The van der Waals surface area contributed by atoms with Crippen molar-refractivity contribution in [2.75, 3.05) is 26.1 Å². The maximum atomic E-state index is 13.7. The second-order valence-electron chi connectivity index (χ2n) is 11.8. The Bertz CT molecular complexity index is 1550. The number of alkyl carbamates (subject to hydrolysis) is 1. The second kappa shape index (κ2) is 23.8. The predicted molar refractivity (Wildman–Crippen MR) is 191 cm³/mol. The van der Waals surface area contributed by atoms with Crippen LogP contribution in [-0.4, -0.2) is 100 Å². The van der Waals surface area contributed by atoms with E-state index in [0.717, 1.165) is 12.3 Å². The van der Waals surface area contributed by atoms with Crippen LogP contribution < -0.4 is 21.3 Å². The van der Waals surface area contributed by atoms with Gasteiger partial charge in [0.15, 0.2) is 9.84 Å². The van der Waals surface area contributed by atoms with Gasteiger partial charge in [0.2, 0.25) is 17.7 Å². The first kappa shape index (κ1) is 46.3. The van der Waals surface area contributed by atoms with Crippen molar-refractivity contribution in [3.05, 3.63) is 46.3 Å². The fraction of sp³-hybridized carbons (Fsp3) is 0.559. The van der Waals surface area contributed by atoms with Crippen LogP contribution >= 0.6 is 11.6 Å². The molecule has 1 aromatic carbocycles. The van der Waals surface area contributed by atoms with Crippen molar-refractivity contribution in [2.24, 2.45) is 5.92 Å². The molecular weight excluding hydrogens is 740 g/mol. The van der Waals surface area contributed by atoms with Crippen LogP contribution in [0.5, 0.6) is 0 Å². The van der Waals surface area contributed by atoms with E-state index in [-0.39, 0.29) is 39.3 Å². The first-order valence-corrected chi connectivity index (χ1v) is 19.1. The molecule has 4 atom stereocenters. The van der Waals surface area contributed by atoms with Crippen LogP contribution in [0.25, 0.3) is 0 Å². The maximum absolute atomic E-state index is 13.7. The van der Waals surface area contributed by atoms with Gasteiger partial charge in [0, 0.05) is 12.7 Å². The van der Waals surface area contributed by atoms with Gasteiger partial charge in [-0.25, -0.2) is 13.2 Å². The van der Waals surface area contributed by atoms with E-state index in [1.54, 1.807) is 65.0 Å². The third kappa shape index (κ3) is 18.6. The zero-order valence-electron chi connectivity index (χ0n) is 30.6. The fourth-order valence-electron chi connectivity index (χ4n) is 4.43. The normalized spacial score (nSPS) is 13.7. The third-order valence-corrected chi connectivity index (χ3v) is 8.84. The van der Waals surface area contributed by atoms with Crippen molar-refractivity contribution >= 4 is 63.2 Å². The molecule has 296 valence electrons. The SMILES string of the molecule is CCOC(=O)CC[C@H](NC(=O)[C@H](CC(=O)OCC)NC(=O)OCc1ccccc1)C(=O)N[C@@H](C(=O)N[C@H](/C=C(\Cl)S(C)(=O)=O)CC(=O)OCC)C(C)C. The molecule has 1 aromatic rings. The highest BCUT2D eigenvalue weighted by Gasteiger charge is 2.33. The Morgan fingerprint density at radius 2 is 1.26 bits per heavy atom. The molecule has 0 aliphatic rings. The number of sulfone groups is 1. The minimum atomic E-state index is -3.91. The van der Waals surface area contributed by atoms with Crippen molar-refractivity contribution in [3.63, 3.8) is 0 Å². The number of rotatable bonds is 22. The number of nitrogens with one attached hydrogen (secondary N) is 4. The second-order valence-corrected chi connectivity index (χ2v) is 14.4. The molecule has 0 aliphatic carbocycles. The summed E-state index contributed by atoms with van der Waals surface area (Å²) in [4.78, 5) is 90.3. The summed E-state index contributed by atoms with van der Waals surface area (Å²) in [6.45, 7) is 7.71. The highest BCUT2D eigenvalue weighted by atomic mass is 35.5. The summed E-state index contributed by atoms with van der Waals surface area (Å²) in [5.41, 5.74) is 0.648.